The average Bonchev–Trinajstić information content (AvgIpc) is 2.84. The van der Waals surface area contributed by atoms with Crippen LogP contribution in [0, 0.1) is 11.8 Å². The van der Waals surface area contributed by atoms with Crippen LogP contribution in [0.2, 0.25) is 0 Å². The molecule has 2 rings (SSSR count). The Hall–Kier alpha value is -0.120. The highest BCUT2D eigenvalue weighted by molar-refractivity contribution is 4.73. The maximum atomic E-state index is 5.47. The van der Waals surface area contributed by atoms with Crippen LogP contribution in [0.5, 0.6) is 0 Å². The molecule has 0 bridgehead atoms. The minimum absolute atomic E-state index is 0.731. The van der Waals surface area contributed by atoms with E-state index in [0.29, 0.717) is 0 Å². The van der Waals surface area contributed by atoms with Gasteiger partial charge in [-0.25, -0.2) is 0 Å². The molecule has 17 heavy (non-hydrogen) atoms. The third-order valence-electron chi connectivity index (χ3n) is 4.25. The van der Waals surface area contributed by atoms with E-state index in [2.05, 4.69) is 17.1 Å². The zero-order valence-electron chi connectivity index (χ0n) is 11.3. The number of likely N-dealkylation sites (tertiary alicyclic amines) is 1. The molecule has 0 spiro atoms. The van der Waals surface area contributed by atoms with Crippen LogP contribution in [0.25, 0.3) is 0 Å². The summed E-state index contributed by atoms with van der Waals surface area (Å²) in [7, 11) is 0. The zero-order valence-corrected chi connectivity index (χ0v) is 11.3. The van der Waals surface area contributed by atoms with Gasteiger partial charge in [0.2, 0.25) is 0 Å². The Morgan fingerprint density at radius 3 is 2.88 bits per heavy atom. The van der Waals surface area contributed by atoms with Crippen molar-refractivity contribution in [2.75, 3.05) is 45.9 Å². The summed E-state index contributed by atoms with van der Waals surface area (Å²) in [6, 6.07) is 0. The number of ether oxygens (including phenoxy) is 1. The summed E-state index contributed by atoms with van der Waals surface area (Å²) in [6.07, 6.45) is 5.36. The maximum Gasteiger partial charge on any atom is 0.0494 e. The molecule has 1 N–H and O–H groups in total. The second-order valence-electron chi connectivity index (χ2n) is 5.71. The number of nitrogens with zero attached hydrogens (tertiary/aromatic N) is 1. The first-order valence-corrected chi connectivity index (χ1v) is 7.37. The van der Waals surface area contributed by atoms with Crippen LogP contribution in [-0.4, -0.2) is 50.8 Å². The molecule has 0 aromatic carbocycles. The monoisotopic (exact) mass is 240 g/mol. The molecule has 2 fully saturated rings. The maximum absolute atomic E-state index is 5.47. The van der Waals surface area contributed by atoms with Crippen molar-refractivity contribution in [3.8, 4) is 0 Å². The van der Waals surface area contributed by atoms with E-state index in [1.165, 1.54) is 58.4 Å². The second-order valence-corrected chi connectivity index (χ2v) is 5.71. The minimum Gasteiger partial charge on any atom is -0.381 e. The van der Waals surface area contributed by atoms with Crippen LogP contribution in [0.4, 0.5) is 0 Å². The third kappa shape index (κ3) is 4.57. The fraction of sp³-hybridized carbons (Fsp3) is 1.00. The summed E-state index contributed by atoms with van der Waals surface area (Å²) >= 11 is 0. The standard InChI is InChI=1S/C14H28N2O/c1-13-12-17-10-5-14(13)11-15-6-4-9-16-7-2-3-8-16/h13-15H,2-12H2,1H3. The molecule has 0 aromatic rings. The van der Waals surface area contributed by atoms with E-state index in [4.69, 9.17) is 4.74 Å². The van der Waals surface area contributed by atoms with Gasteiger partial charge in [0.25, 0.3) is 0 Å². The van der Waals surface area contributed by atoms with Gasteiger partial charge in [0, 0.05) is 13.2 Å². The van der Waals surface area contributed by atoms with Crippen molar-refractivity contribution >= 4 is 0 Å². The minimum atomic E-state index is 0.731. The lowest BCUT2D eigenvalue weighted by Crippen LogP contribution is -2.34. The molecule has 0 aliphatic carbocycles. The molecule has 2 unspecified atom stereocenters. The van der Waals surface area contributed by atoms with Crippen molar-refractivity contribution in [2.24, 2.45) is 11.8 Å². The summed E-state index contributed by atoms with van der Waals surface area (Å²) < 4.78 is 5.47. The van der Waals surface area contributed by atoms with Gasteiger partial charge in [-0.15, -0.1) is 0 Å². The Morgan fingerprint density at radius 1 is 1.29 bits per heavy atom. The van der Waals surface area contributed by atoms with Gasteiger partial charge in [0.1, 0.15) is 0 Å². The average molecular weight is 240 g/mol. The molecular weight excluding hydrogens is 212 g/mol. The van der Waals surface area contributed by atoms with Crippen molar-refractivity contribution in [1.82, 2.24) is 10.2 Å². The van der Waals surface area contributed by atoms with Gasteiger partial charge in [-0.2, -0.15) is 0 Å². The van der Waals surface area contributed by atoms with Crippen LogP contribution >= 0.6 is 0 Å². The van der Waals surface area contributed by atoms with Crippen molar-refractivity contribution in [3.05, 3.63) is 0 Å². The van der Waals surface area contributed by atoms with Gasteiger partial charge in [-0.1, -0.05) is 6.92 Å². The van der Waals surface area contributed by atoms with Gasteiger partial charge in [-0.3, -0.25) is 0 Å². The van der Waals surface area contributed by atoms with Crippen LogP contribution in [0.3, 0.4) is 0 Å². The fourth-order valence-electron chi connectivity index (χ4n) is 2.95. The first-order chi connectivity index (χ1) is 8.36. The lowest BCUT2D eigenvalue weighted by atomic mass is 9.90. The molecule has 0 amide bonds. The Balaban J connectivity index is 1.47. The first kappa shape index (κ1) is 13.3. The van der Waals surface area contributed by atoms with Crippen LogP contribution in [-0.2, 0) is 4.74 Å². The normalized spacial score (nSPS) is 30.9. The number of nitrogens with one attached hydrogen (secondary N) is 1. The summed E-state index contributed by atoms with van der Waals surface area (Å²) in [5.74, 6) is 1.56. The molecule has 3 nitrogen and oxygen atoms in total. The molecule has 0 aromatic heterocycles. The Morgan fingerprint density at radius 2 is 2.12 bits per heavy atom. The highest BCUT2D eigenvalue weighted by atomic mass is 16.5. The van der Waals surface area contributed by atoms with E-state index in [1.54, 1.807) is 0 Å². The topological polar surface area (TPSA) is 24.5 Å². The lowest BCUT2D eigenvalue weighted by Gasteiger charge is -2.29. The van der Waals surface area contributed by atoms with Gasteiger partial charge >= 0.3 is 0 Å². The smallest absolute Gasteiger partial charge is 0.0494 e. The molecule has 0 saturated carbocycles. The van der Waals surface area contributed by atoms with E-state index in [1.807, 2.05) is 0 Å². The first-order valence-electron chi connectivity index (χ1n) is 7.37. The highest BCUT2D eigenvalue weighted by Crippen LogP contribution is 2.20. The van der Waals surface area contributed by atoms with Gasteiger partial charge < -0.3 is 15.0 Å². The molecule has 3 heteroatoms. The van der Waals surface area contributed by atoms with Crippen molar-refractivity contribution in [1.29, 1.82) is 0 Å². The second kappa shape index (κ2) is 7.34. The van der Waals surface area contributed by atoms with Crippen molar-refractivity contribution in [3.63, 3.8) is 0 Å². The molecule has 2 aliphatic rings. The summed E-state index contributed by atoms with van der Waals surface area (Å²) in [6.45, 7) is 10.6. The van der Waals surface area contributed by atoms with Gasteiger partial charge in [0.15, 0.2) is 0 Å². The highest BCUT2D eigenvalue weighted by Gasteiger charge is 2.21. The molecule has 0 radical (unpaired) electrons. The van der Waals surface area contributed by atoms with E-state index >= 15 is 0 Å². The Kier molecular flexibility index (Phi) is 5.75. The van der Waals surface area contributed by atoms with Crippen molar-refractivity contribution in [2.45, 2.75) is 32.6 Å². The van der Waals surface area contributed by atoms with Crippen LogP contribution in [0.1, 0.15) is 32.6 Å². The van der Waals surface area contributed by atoms with Gasteiger partial charge in [-0.05, 0) is 70.2 Å². The molecule has 2 heterocycles. The number of hydrogen-bond donors (Lipinski definition) is 1. The number of rotatable bonds is 6. The fourth-order valence-corrected chi connectivity index (χ4v) is 2.95. The number of hydrogen-bond acceptors (Lipinski definition) is 3. The summed E-state index contributed by atoms with van der Waals surface area (Å²) in [4.78, 5) is 2.60. The van der Waals surface area contributed by atoms with E-state index in [0.717, 1.165) is 25.0 Å². The van der Waals surface area contributed by atoms with Crippen LogP contribution in [0.15, 0.2) is 0 Å². The quantitative estimate of drug-likeness (QED) is 0.716. The molecule has 100 valence electrons. The lowest BCUT2D eigenvalue weighted by molar-refractivity contribution is 0.0245. The Labute approximate surface area is 106 Å². The predicted octanol–water partition coefficient (Wildman–Crippen LogP) is 1.73. The largest absolute Gasteiger partial charge is 0.381 e. The van der Waals surface area contributed by atoms with E-state index in [9.17, 15) is 0 Å². The van der Waals surface area contributed by atoms with Crippen molar-refractivity contribution < 1.29 is 4.74 Å². The predicted molar refractivity (Wildman–Crippen MR) is 71.3 cm³/mol. The molecular formula is C14H28N2O. The van der Waals surface area contributed by atoms with Crippen LogP contribution < -0.4 is 5.32 Å². The Bertz CT molecular complexity index is 204. The molecule has 2 atom stereocenters. The third-order valence-corrected chi connectivity index (χ3v) is 4.25. The SMILES string of the molecule is CC1COCCC1CNCCCN1CCCC1. The summed E-state index contributed by atoms with van der Waals surface area (Å²) in [5, 5.41) is 3.63. The molecule has 2 saturated heterocycles. The zero-order chi connectivity index (χ0) is 11.9. The van der Waals surface area contributed by atoms with E-state index in [-0.39, 0.29) is 0 Å². The summed E-state index contributed by atoms with van der Waals surface area (Å²) in [5.41, 5.74) is 0. The molecule has 2 aliphatic heterocycles. The van der Waals surface area contributed by atoms with E-state index < -0.39 is 0 Å². The van der Waals surface area contributed by atoms with Gasteiger partial charge in [0.05, 0.1) is 0 Å².